The van der Waals surface area contributed by atoms with Crippen molar-refractivity contribution < 1.29 is 0 Å². The predicted molar refractivity (Wildman–Crippen MR) is 39.7 cm³/mol. The summed E-state index contributed by atoms with van der Waals surface area (Å²) in [5.74, 6) is 0. The molecule has 0 saturated carbocycles. The Bertz CT molecular complexity index is 189. The molecule has 0 aromatic heterocycles. The molecular formula is C8H9N+. The minimum Gasteiger partial charge on any atom is -0.0622 e. The summed E-state index contributed by atoms with van der Waals surface area (Å²) in [6.45, 7) is 0. The van der Waals surface area contributed by atoms with Crippen LogP contribution >= 0.6 is 0 Å². The van der Waals surface area contributed by atoms with Crippen molar-refractivity contribution in [1.82, 2.24) is 4.99 Å². The van der Waals surface area contributed by atoms with E-state index in [9.17, 15) is 0 Å². The Kier molecular flexibility index (Phi) is 2.02. The third-order valence-electron chi connectivity index (χ3n) is 1.08. The standard InChI is InChI=1S/C8H9N/c1-9-7-8-5-3-2-4-6-8/h2-7H,1H3/q+1. The van der Waals surface area contributed by atoms with Gasteiger partial charge >= 0.3 is 0 Å². The van der Waals surface area contributed by atoms with Crippen molar-refractivity contribution in [1.29, 1.82) is 0 Å². The molecule has 0 spiro atoms. The van der Waals surface area contributed by atoms with Gasteiger partial charge in [0, 0.05) is 10.6 Å². The third-order valence-corrected chi connectivity index (χ3v) is 1.08. The molecule has 0 amide bonds. The molecule has 0 heterocycles. The van der Waals surface area contributed by atoms with E-state index in [4.69, 9.17) is 0 Å². The summed E-state index contributed by atoms with van der Waals surface area (Å²) in [7, 11) is 1.77. The minimum absolute atomic E-state index is 1.15. The van der Waals surface area contributed by atoms with Crippen molar-refractivity contribution in [2.45, 2.75) is 0 Å². The first-order chi connectivity index (χ1) is 4.43. The van der Waals surface area contributed by atoms with Crippen LogP contribution in [-0.4, -0.2) is 13.3 Å². The predicted octanol–water partition coefficient (Wildman–Crippen LogP) is 1.07. The van der Waals surface area contributed by atoms with Crippen LogP contribution in [0.25, 0.3) is 0 Å². The molecule has 9 heavy (non-hydrogen) atoms. The molecule has 1 aromatic rings. The first kappa shape index (κ1) is 6.02. The normalized spacial score (nSPS) is 10.3. The lowest BCUT2D eigenvalue weighted by Crippen LogP contribution is -1.85. The number of hydrogen-bond donors (Lipinski definition) is 0. The van der Waals surface area contributed by atoms with Crippen LogP contribution in [0.2, 0.25) is 0 Å². The molecule has 1 rings (SSSR count). The molecule has 1 radical (unpaired) electrons. The fourth-order valence-electron chi connectivity index (χ4n) is 0.688. The molecular weight excluding hydrogens is 110 g/mol. The summed E-state index contributed by atoms with van der Waals surface area (Å²) in [4.78, 5) is 3.88. The second-order valence-corrected chi connectivity index (χ2v) is 1.80. The molecule has 1 heteroatoms. The second-order valence-electron chi connectivity index (χ2n) is 1.80. The van der Waals surface area contributed by atoms with Gasteiger partial charge in [0.15, 0.2) is 0 Å². The average molecular weight is 119 g/mol. The van der Waals surface area contributed by atoms with Crippen LogP contribution in [0.15, 0.2) is 30.3 Å². The molecule has 45 valence electrons. The van der Waals surface area contributed by atoms with Gasteiger partial charge in [0.05, 0.1) is 0 Å². The van der Waals surface area contributed by atoms with E-state index < -0.39 is 0 Å². The fourth-order valence-corrected chi connectivity index (χ4v) is 0.688. The zero-order valence-electron chi connectivity index (χ0n) is 5.41. The molecule has 0 aliphatic heterocycles. The number of aliphatic imine (C=N–C) groups is 1. The highest BCUT2D eigenvalue weighted by Gasteiger charge is 1.86. The van der Waals surface area contributed by atoms with Gasteiger partial charge in [-0.05, 0) is 12.1 Å². The van der Waals surface area contributed by atoms with E-state index in [0.29, 0.717) is 0 Å². The summed E-state index contributed by atoms with van der Waals surface area (Å²) >= 11 is 0. The topological polar surface area (TPSA) is 14.1 Å². The highest BCUT2D eigenvalue weighted by molar-refractivity contribution is 5.78. The Morgan fingerprint density at radius 1 is 1.22 bits per heavy atom. The van der Waals surface area contributed by atoms with E-state index in [1.807, 2.05) is 36.5 Å². The van der Waals surface area contributed by atoms with Gasteiger partial charge in [0.25, 0.3) is 0 Å². The summed E-state index contributed by atoms with van der Waals surface area (Å²) in [5.41, 5.74) is 1.15. The Labute approximate surface area is 55.1 Å². The van der Waals surface area contributed by atoms with Crippen molar-refractivity contribution in [3.05, 3.63) is 35.9 Å². The fraction of sp³-hybridized carbons (Fsp3) is 0.125. The van der Waals surface area contributed by atoms with Gasteiger partial charge in [-0.2, -0.15) is 0 Å². The van der Waals surface area contributed by atoms with Crippen LogP contribution in [0.4, 0.5) is 0 Å². The summed E-state index contributed by atoms with van der Waals surface area (Å²) in [5, 5.41) is 0. The minimum atomic E-state index is 1.15. The molecule has 1 aromatic carbocycles. The van der Waals surface area contributed by atoms with Crippen LogP contribution in [0.5, 0.6) is 0 Å². The van der Waals surface area contributed by atoms with Gasteiger partial charge in [0.2, 0.25) is 13.3 Å². The van der Waals surface area contributed by atoms with Gasteiger partial charge < -0.3 is 0 Å². The van der Waals surface area contributed by atoms with Crippen molar-refractivity contribution in [3.8, 4) is 0 Å². The van der Waals surface area contributed by atoms with E-state index >= 15 is 0 Å². The Morgan fingerprint density at radius 3 is 2.44 bits per heavy atom. The number of hydrogen-bond acceptors (Lipinski definition) is 1. The molecule has 0 aliphatic carbocycles. The zero-order chi connectivity index (χ0) is 6.53. The first-order valence-electron chi connectivity index (χ1n) is 2.90. The maximum atomic E-state index is 3.88. The number of rotatable bonds is 1. The Morgan fingerprint density at radius 2 is 1.89 bits per heavy atom. The van der Waals surface area contributed by atoms with Gasteiger partial charge in [0.1, 0.15) is 0 Å². The van der Waals surface area contributed by atoms with E-state index in [0.717, 1.165) is 5.56 Å². The van der Waals surface area contributed by atoms with Crippen LogP contribution in [0.3, 0.4) is 0 Å². The zero-order valence-corrected chi connectivity index (χ0v) is 5.41. The van der Waals surface area contributed by atoms with Gasteiger partial charge in [-0.15, -0.1) is 0 Å². The average Bonchev–Trinajstić information content (AvgIpc) is 1.91. The quantitative estimate of drug-likeness (QED) is 0.491. The number of nitrogens with zero attached hydrogens (tertiary/aromatic N) is 1. The molecule has 0 atom stereocenters. The molecule has 1 nitrogen and oxygen atoms in total. The summed E-state index contributed by atoms with van der Waals surface area (Å²) in [6.07, 6.45) is 1.83. The van der Waals surface area contributed by atoms with E-state index in [-0.39, 0.29) is 0 Å². The van der Waals surface area contributed by atoms with E-state index in [1.54, 1.807) is 7.05 Å². The van der Waals surface area contributed by atoms with Crippen molar-refractivity contribution in [3.63, 3.8) is 0 Å². The van der Waals surface area contributed by atoms with Crippen molar-refractivity contribution >= 4 is 6.21 Å². The van der Waals surface area contributed by atoms with Crippen LogP contribution in [0, 0.1) is 0 Å². The smallest absolute Gasteiger partial charge is 0.0622 e. The van der Waals surface area contributed by atoms with Gasteiger partial charge in [-0.3, -0.25) is 0 Å². The molecule has 0 fully saturated rings. The van der Waals surface area contributed by atoms with Crippen LogP contribution < -0.4 is 4.99 Å². The first-order valence-corrected chi connectivity index (χ1v) is 2.90. The second kappa shape index (κ2) is 3.02. The highest BCUT2D eigenvalue weighted by atomic mass is 14.6. The molecule has 0 unspecified atom stereocenters. The molecule has 0 saturated heterocycles. The Balaban J connectivity index is 2.85. The SMILES string of the molecule is C[N+]=Cc1ccccc1. The molecule has 0 bridgehead atoms. The van der Waals surface area contributed by atoms with E-state index in [2.05, 4.69) is 4.99 Å². The lowest BCUT2D eigenvalue weighted by Gasteiger charge is -1.80. The van der Waals surface area contributed by atoms with Gasteiger partial charge in [-0.25, -0.2) is 0 Å². The lowest BCUT2D eigenvalue weighted by molar-refractivity contribution is 1.29. The van der Waals surface area contributed by atoms with Gasteiger partial charge in [-0.1, -0.05) is 18.2 Å². The van der Waals surface area contributed by atoms with Crippen LogP contribution in [0.1, 0.15) is 5.56 Å². The van der Waals surface area contributed by atoms with Crippen LogP contribution in [-0.2, 0) is 0 Å². The maximum Gasteiger partial charge on any atom is 0.241 e. The van der Waals surface area contributed by atoms with Crippen molar-refractivity contribution in [2.75, 3.05) is 7.05 Å². The van der Waals surface area contributed by atoms with Crippen molar-refractivity contribution in [2.24, 2.45) is 0 Å². The monoisotopic (exact) mass is 119 g/mol. The third kappa shape index (κ3) is 1.68. The molecule has 0 aliphatic rings. The summed E-state index contributed by atoms with van der Waals surface area (Å²) < 4.78 is 0. The Hall–Kier alpha value is -1.11. The number of benzene rings is 1. The lowest BCUT2D eigenvalue weighted by atomic mass is 10.2. The highest BCUT2D eigenvalue weighted by Crippen LogP contribution is 1.91. The maximum absolute atomic E-state index is 3.88. The van der Waals surface area contributed by atoms with E-state index in [1.165, 1.54) is 0 Å². The molecule has 0 N–H and O–H groups in total. The largest absolute Gasteiger partial charge is 0.241 e. The summed E-state index contributed by atoms with van der Waals surface area (Å²) in [6, 6.07) is 10.0.